The van der Waals surface area contributed by atoms with E-state index in [0.717, 1.165) is 5.56 Å². The van der Waals surface area contributed by atoms with Gasteiger partial charge in [-0.05, 0) is 24.1 Å². The fourth-order valence-electron chi connectivity index (χ4n) is 1.20. The van der Waals surface area contributed by atoms with E-state index in [2.05, 4.69) is 10.3 Å². The molecular formula is C12H14N2O3. The zero-order chi connectivity index (χ0) is 12.7. The number of carboxylic acids is 1. The molecule has 0 fully saturated rings. The Hall–Kier alpha value is -2.17. The van der Waals surface area contributed by atoms with E-state index >= 15 is 0 Å². The highest BCUT2D eigenvalue weighted by Crippen LogP contribution is 1.98. The maximum Gasteiger partial charge on any atom is 0.326 e. The fraction of sp³-hybridized carbons (Fsp3) is 0.250. The van der Waals surface area contributed by atoms with E-state index in [-0.39, 0.29) is 0 Å². The van der Waals surface area contributed by atoms with Crippen LogP contribution in [0, 0.1) is 0 Å². The Morgan fingerprint density at radius 3 is 2.88 bits per heavy atom. The van der Waals surface area contributed by atoms with Gasteiger partial charge in [0.1, 0.15) is 6.04 Å². The molecular weight excluding hydrogens is 220 g/mol. The number of carbonyl (C=O) groups excluding carboxylic acids is 1. The van der Waals surface area contributed by atoms with Crippen molar-refractivity contribution in [1.82, 2.24) is 10.3 Å². The zero-order valence-corrected chi connectivity index (χ0v) is 9.46. The van der Waals surface area contributed by atoms with Crippen LogP contribution in [-0.4, -0.2) is 28.0 Å². The Morgan fingerprint density at radius 2 is 2.35 bits per heavy atom. The molecule has 17 heavy (non-hydrogen) atoms. The summed E-state index contributed by atoms with van der Waals surface area (Å²) >= 11 is 0. The molecule has 1 atom stereocenters. The van der Waals surface area contributed by atoms with Gasteiger partial charge in [0, 0.05) is 18.5 Å². The van der Waals surface area contributed by atoms with E-state index in [1.54, 1.807) is 37.5 Å². The molecule has 0 spiro atoms. The number of aliphatic carboxylic acids is 1. The Morgan fingerprint density at radius 1 is 1.59 bits per heavy atom. The largest absolute Gasteiger partial charge is 0.480 e. The van der Waals surface area contributed by atoms with Crippen LogP contribution in [0.1, 0.15) is 18.9 Å². The standard InChI is InChI=1S/C12H14N2O3/c1-2-10(12(16)17)14-11(15)6-5-9-4-3-7-13-8-9/h3-8,10H,2H2,1H3,(H,14,15)(H,16,17)/b6-5+. The van der Waals surface area contributed by atoms with Gasteiger partial charge < -0.3 is 10.4 Å². The van der Waals surface area contributed by atoms with Crippen molar-refractivity contribution in [3.63, 3.8) is 0 Å². The lowest BCUT2D eigenvalue weighted by atomic mass is 10.2. The van der Waals surface area contributed by atoms with Crippen LogP contribution in [0.2, 0.25) is 0 Å². The summed E-state index contributed by atoms with van der Waals surface area (Å²) in [6.07, 6.45) is 6.47. The summed E-state index contributed by atoms with van der Waals surface area (Å²) in [4.78, 5) is 26.0. The van der Waals surface area contributed by atoms with Crippen LogP contribution in [0.25, 0.3) is 6.08 Å². The molecule has 1 heterocycles. The molecule has 0 aliphatic carbocycles. The van der Waals surface area contributed by atoms with Gasteiger partial charge >= 0.3 is 5.97 Å². The summed E-state index contributed by atoms with van der Waals surface area (Å²) in [5, 5.41) is 11.1. The van der Waals surface area contributed by atoms with Gasteiger partial charge in [-0.3, -0.25) is 9.78 Å². The molecule has 5 nitrogen and oxygen atoms in total. The molecule has 1 rings (SSSR count). The van der Waals surface area contributed by atoms with Gasteiger partial charge in [-0.1, -0.05) is 13.0 Å². The van der Waals surface area contributed by atoms with E-state index in [1.807, 2.05) is 0 Å². The summed E-state index contributed by atoms with van der Waals surface area (Å²) in [6, 6.07) is 2.70. The minimum Gasteiger partial charge on any atom is -0.480 e. The lowest BCUT2D eigenvalue weighted by molar-refractivity contribution is -0.141. The number of rotatable bonds is 5. The third-order valence-corrected chi connectivity index (χ3v) is 2.13. The van der Waals surface area contributed by atoms with Crippen molar-refractivity contribution in [3.8, 4) is 0 Å². The van der Waals surface area contributed by atoms with E-state index < -0.39 is 17.9 Å². The molecule has 0 radical (unpaired) electrons. The maximum absolute atomic E-state index is 11.4. The van der Waals surface area contributed by atoms with Gasteiger partial charge in [0.2, 0.25) is 5.91 Å². The quantitative estimate of drug-likeness (QED) is 0.747. The minimum absolute atomic E-state index is 0.349. The van der Waals surface area contributed by atoms with Crippen molar-refractivity contribution in [2.75, 3.05) is 0 Å². The average molecular weight is 234 g/mol. The van der Waals surface area contributed by atoms with Crippen LogP contribution in [0.5, 0.6) is 0 Å². The molecule has 0 aliphatic heterocycles. The first kappa shape index (κ1) is 12.9. The Bertz CT molecular complexity index is 415. The lowest BCUT2D eigenvalue weighted by Gasteiger charge is -2.09. The molecule has 1 aromatic rings. The Kier molecular flexibility index (Phi) is 4.87. The number of pyridine rings is 1. The average Bonchev–Trinajstić information content (AvgIpc) is 2.34. The number of aromatic nitrogens is 1. The lowest BCUT2D eigenvalue weighted by Crippen LogP contribution is -2.39. The monoisotopic (exact) mass is 234 g/mol. The topological polar surface area (TPSA) is 79.3 Å². The second kappa shape index (κ2) is 6.42. The normalized spacial score (nSPS) is 12.3. The first-order valence-corrected chi connectivity index (χ1v) is 5.25. The van der Waals surface area contributed by atoms with Crippen LogP contribution < -0.4 is 5.32 Å². The minimum atomic E-state index is -1.03. The van der Waals surface area contributed by atoms with E-state index in [9.17, 15) is 9.59 Å². The van der Waals surface area contributed by atoms with E-state index in [4.69, 9.17) is 5.11 Å². The molecule has 5 heteroatoms. The number of nitrogens with one attached hydrogen (secondary N) is 1. The van der Waals surface area contributed by atoms with E-state index in [0.29, 0.717) is 6.42 Å². The number of carboxylic acid groups (broad SMARTS) is 1. The zero-order valence-electron chi connectivity index (χ0n) is 9.46. The molecule has 0 bridgehead atoms. The molecule has 0 aliphatic rings. The highest BCUT2D eigenvalue weighted by molar-refractivity contribution is 5.94. The van der Waals surface area contributed by atoms with Crippen molar-refractivity contribution in [2.45, 2.75) is 19.4 Å². The molecule has 90 valence electrons. The second-order valence-corrected chi connectivity index (χ2v) is 3.43. The molecule has 1 unspecified atom stereocenters. The predicted octanol–water partition coefficient (Wildman–Crippen LogP) is 1.07. The summed E-state index contributed by atoms with van der Waals surface area (Å²) in [5.41, 5.74) is 0.783. The number of nitrogens with zero attached hydrogens (tertiary/aromatic N) is 1. The number of amides is 1. The fourth-order valence-corrected chi connectivity index (χ4v) is 1.20. The highest BCUT2D eigenvalue weighted by atomic mass is 16.4. The van der Waals surface area contributed by atoms with Crippen LogP contribution in [0.3, 0.4) is 0 Å². The molecule has 0 aromatic carbocycles. The van der Waals surface area contributed by atoms with Gasteiger partial charge in [-0.25, -0.2) is 4.79 Å². The maximum atomic E-state index is 11.4. The third-order valence-electron chi connectivity index (χ3n) is 2.13. The van der Waals surface area contributed by atoms with Crippen molar-refractivity contribution in [1.29, 1.82) is 0 Å². The molecule has 2 N–H and O–H groups in total. The van der Waals surface area contributed by atoms with Gasteiger partial charge in [-0.2, -0.15) is 0 Å². The summed E-state index contributed by atoms with van der Waals surface area (Å²) in [5.74, 6) is -1.46. The number of hydrogen-bond donors (Lipinski definition) is 2. The van der Waals surface area contributed by atoms with Crippen LogP contribution in [-0.2, 0) is 9.59 Å². The second-order valence-electron chi connectivity index (χ2n) is 3.43. The van der Waals surface area contributed by atoms with Crippen molar-refractivity contribution in [2.24, 2.45) is 0 Å². The molecule has 1 aromatic heterocycles. The van der Waals surface area contributed by atoms with Crippen molar-refractivity contribution >= 4 is 18.0 Å². The number of hydrogen-bond acceptors (Lipinski definition) is 3. The van der Waals surface area contributed by atoms with Gasteiger partial charge in [-0.15, -0.1) is 0 Å². The van der Waals surface area contributed by atoms with Gasteiger partial charge in [0.15, 0.2) is 0 Å². The van der Waals surface area contributed by atoms with Crippen molar-refractivity contribution in [3.05, 3.63) is 36.2 Å². The van der Waals surface area contributed by atoms with Crippen LogP contribution in [0.15, 0.2) is 30.6 Å². The molecule has 0 saturated carbocycles. The van der Waals surface area contributed by atoms with Crippen LogP contribution in [0.4, 0.5) is 0 Å². The smallest absolute Gasteiger partial charge is 0.326 e. The SMILES string of the molecule is CCC(NC(=O)/C=C/c1cccnc1)C(=O)O. The Balaban J connectivity index is 2.55. The van der Waals surface area contributed by atoms with Crippen molar-refractivity contribution < 1.29 is 14.7 Å². The Labute approximate surface area is 99.2 Å². The van der Waals surface area contributed by atoms with E-state index in [1.165, 1.54) is 6.08 Å². The van der Waals surface area contributed by atoms with Gasteiger partial charge in [0.25, 0.3) is 0 Å². The predicted molar refractivity (Wildman–Crippen MR) is 63.1 cm³/mol. The highest BCUT2D eigenvalue weighted by Gasteiger charge is 2.15. The first-order valence-electron chi connectivity index (χ1n) is 5.25. The number of carbonyl (C=O) groups is 2. The molecule has 1 amide bonds. The summed E-state index contributed by atoms with van der Waals surface area (Å²) in [6.45, 7) is 1.70. The van der Waals surface area contributed by atoms with Crippen LogP contribution >= 0.6 is 0 Å². The first-order chi connectivity index (χ1) is 8.13. The molecule has 0 saturated heterocycles. The van der Waals surface area contributed by atoms with Gasteiger partial charge in [0.05, 0.1) is 0 Å². The summed E-state index contributed by atoms with van der Waals surface area (Å²) in [7, 11) is 0. The summed E-state index contributed by atoms with van der Waals surface area (Å²) < 4.78 is 0. The third kappa shape index (κ3) is 4.46.